The lowest BCUT2D eigenvalue weighted by Crippen LogP contribution is -2.25. The van der Waals surface area contributed by atoms with Crippen molar-refractivity contribution < 1.29 is 14.2 Å². The molecule has 0 amide bonds. The highest BCUT2D eigenvalue weighted by molar-refractivity contribution is 6.17. The van der Waals surface area contributed by atoms with Gasteiger partial charge in [0.25, 0.3) is 0 Å². The van der Waals surface area contributed by atoms with Crippen molar-refractivity contribution in [1.82, 2.24) is 4.98 Å². The Morgan fingerprint density at radius 3 is 2.58 bits per heavy atom. The molecule has 130 valence electrons. The third-order valence-corrected chi connectivity index (χ3v) is 4.05. The summed E-state index contributed by atoms with van der Waals surface area (Å²) in [5.41, 5.74) is 3.77. The topological polar surface area (TPSA) is 40.6 Å². The second kappa shape index (κ2) is 8.17. The van der Waals surface area contributed by atoms with E-state index in [2.05, 4.69) is 4.98 Å². The molecule has 1 aliphatic heterocycles. The van der Waals surface area contributed by atoms with Crippen LogP contribution < -0.4 is 4.74 Å². The highest BCUT2D eigenvalue weighted by Crippen LogP contribution is 2.33. The molecule has 0 N–H and O–H groups in total. The number of ether oxygens (including phenoxy) is 3. The quantitative estimate of drug-likeness (QED) is 0.738. The maximum atomic E-state index is 6.05. The SMILES string of the molecule is CC1(C)OCc2cnc(CCl)c(OCc3ccccc3)c2CO1.Cl. The van der Waals surface area contributed by atoms with Gasteiger partial charge in [0.05, 0.1) is 24.8 Å². The average Bonchev–Trinajstić information content (AvgIpc) is 2.72. The van der Waals surface area contributed by atoms with Crippen LogP contribution in [0, 0.1) is 0 Å². The molecule has 3 rings (SSSR count). The number of benzene rings is 1. The number of rotatable bonds is 4. The summed E-state index contributed by atoms with van der Waals surface area (Å²) in [6.07, 6.45) is 1.80. The lowest BCUT2D eigenvalue weighted by molar-refractivity contribution is -0.219. The Bertz CT molecular complexity index is 677. The van der Waals surface area contributed by atoms with Gasteiger partial charge in [-0.25, -0.2) is 0 Å². The average molecular weight is 370 g/mol. The van der Waals surface area contributed by atoms with E-state index in [-0.39, 0.29) is 12.4 Å². The van der Waals surface area contributed by atoms with Gasteiger partial charge in [-0.3, -0.25) is 4.98 Å². The highest BCUT2D eigenvalue weighted by Gasteiger charge is 2.27. The summed E-state index contributed by atoms with van der Waals surface area (Å²) in [6, 6.07) is 10.0. The smallest absolute Gasteiger partial charge is 0.163 e. The Morgan fingerprint density at radius 1 is 1.17 bits per heavy atom. The Labute approximate surface area is 153 Å². The molecule has 4 nitrogen and oxygen atoms in total. The van der Waals surface area contributed by atoms with Crippen LogP contribution in [0.1, 0.15) is 36.2 Å². The zero-order chi connectivity index (χ0) is 16.3. The van der Waals surface area contributed by atoms with Crippen LogP contribution in [0.15, 0.2) is 36.5 Å². The first-order valence-corrected chi connectivity index (χ1v) is 8.13. The molecule has 0 fully saturated rings. The number of halogens is 2. The van der Waals surface area contributed by atoms with E-state index in [4.69, 9.17) is 25.8 Å². The normalized spacial score (nSPS) is 15.8. The van der Waals surface area contributed by atoms with Crippen LogP contribution in [0.5, 0.6) is 5.75 Å². The molecule has 0 saturated heterocycles. The van der Waals surface area contributed by atoms with E-state index in [0.29, 0.717) is 31.5 Å². The number of aromatic nitrogens is 1. The third kappa shape index (κ3) is 4.39. The van der Waals surface area contributed by atoms with E-state index in [0.717, 1.165) is 22.4 Å². The van der Waals surface area contributed by atoms with Crippen molar-refractivity contribution in [2.24, 2.45) is 0 Å². The summed E-state index contributed by atoms with van der Waals surface area (Å²) in [6.45, 7) is 5.13. The molecule has 2 heterocycles. The van der Waals surface area contributed by atoms with Gasteiger partial charge in [0, 0.05) is 17.3 Å². The first kappa shape index (κ1) is 19.0. The molecule has 2 aromatic rings. The Hall–Kier alpha value is -1.33. The molecule has 6 heteroatoms. The predicted octanol–water partition coefficient (Wildman–Crippen LogP) is 4.60. The number of alkyl halides is 1. The van der Waals surface area contributed by atoms with Crippen molar-refractivity contribution >= 4 is 24.0 Å². The first-order valence-electron chi connectivity index (χ1n) is 7.59. The van der Waals surface area contributed by atoms with Gasteiger partial charge in [-0.15, -0.1) is 24.0 Å². The van der Waals surface area contributed by atoms with Gasteiger partial charge < -0.3 is 14.2 Å². The zero-order valence-electron chi connectivity index (χ0n) is 13.8. The zero-order valence-corrected chi connectivity index (χ0v) is 15.3. The van der Waals surface area contributed by atoms with E-state index in [1.165, 1.54) is 0 Å². The van der Waals surface area contributed by atoms with E-state index in [9.17, 15) is 0 Å². The Morgan fingerprint density at radius 2 is 1.88 bits per heavy atom. The fourth-order valence-electron chi connectivity index (χ4n) is 2.43. The van der Waals surface area contributed by atoms with Gasteiger partial charge in [-0.05, 0) is 19.4 Å². The van der Waals surface area contributed by atoms with Gasteiger partial charge >= 0.3 is 0 Å². The Kier molecular flexibility index (Phi) is 6.47. The maximum absolute atomic E-state index is 6.05. The molecule has 0 bridgehead atoms. The summed E-state index contributed by atoms with van der Waals surface area (Å²) < 4.78 is 17.6. The van der Waals surface area contributed by atoms with E-state index >= 15 is 0 Å². The predicted molar refractivity (Wildman–Crippen MR) is 95.5 cm³/mol. The second-order valence-electron chi connectivity index (χ2n) is 5.92. The minimum absolute atomic E-state index is 0. The summed E-state index contributed by atoms with van der Waals surface area (Å²) in [4.78, 5) is 4.42. The standard InChI is InChI=1S/C18H20ClNO3.ClH/c1-18(2)22-11-14-9-20-16(8-19)17(15(14)12-23-18)21-10-13-6-4-3-5-7-13;/h3-7,9H,8,10-12H2,1-2H3;1H. The van der Waals surface area contributed by atoms with Crippen LogP contribution in [0.3, 0.4) is 0 Å². The highest BCUT2D eigenvalue weighted by atomic mass is 35.5. The lowest BCUT2D eigenvalue weighted by Gasteiger charge is -2.22. The largest absolute Gasteiger partial charge is 0.487 e. The van der Waals surface area contributed by atoms with E-state index in [1.54, 1.807) is 6.20 Å². The van der Waals surface area contributed by atoms with Crippen LogP contribution in [0.2, 0.25) is 0 Å². The van der Waals surface area contributed by atoms with Crippen LogP contribution in [0.25, 0.3) is 0 Å². The molecular formula is C18H21Cl2NO3. The first-order chi connectivity index (χ1) is 11.1. The van der Waals surface area contributed by atoms with Gasteiger partial charge in [-0.1, -0.05) is 30.3 Å². The van der Waals surface area contributed by atoms with Crippen LogP contribution >= 0.6 is 24.0 Å². The minimum atomic E-state index is -0.628. The van der Waals surface area contributed by atoms with Crippen molar-refractivity contribution in [2.45, 2.75) is 45.3 Å². The summed E-state index contributed by atoms with van der Waals surface area (Å²) in [5.74, 6) is 0.376. The third-order valence-electron chi connectivity index (χ3n) is 3.79. The number of nitrogens with zero attached hydrogens (tertiary/aromatic N) is 1. The minimum Gasteiger partial charge on any atom is -0.487 e. The molecule has 1 aromatic carbocycles. The maximum Gasteiger partial charge on any atom is 0.163 e. The number of pyridine rings is 1. The van der Waals surface area contributed by atoms with Crippen molar-refractivity contribution in [3.8, 4) is 5.75 Å². The molecule has 0 aliphatic carbocycles. The van der Waals surface area contributed by atoms with Crippen molar-refractivity contribution in [1.29, 1.82) is 0 Å². The second-order valence-corrected chi connectivity index (χ2v) is 6.19. The van der Waals surface area contributed by atoms with Gasteiger partial charge in [0.1, 0.15) is 12.4 Å². The fourth-order valence-corrected chi connectivity index (χ4v) is 2.62. The molecule has 1 aliphatic rings. The van der Waals surface area contributed by atoms with Crippen molar-refractivity contribution in [3.05, 3.63) is 58.9 Å². The number of fused-ring (bicyclic) bond motifs is 1. The summed E-state index contributed by atoms with van der Waals surface area (Å²) in [5, 5.41) is 0. The number of hydrogen-bond acceptors (Lipinski definition) is 4. The van der Waals surface area contributed by atoms with E-state index in [1.807, 2.05) is 44.2 Å². The Balaban J connectivity index is 0.00000208. The molecule has 0 spiro atoms. The van der Waals surface area contributed by atoms with Gasteiger partial charge in [-0.2, -0.15) is 0 Å². The van der Waals surface area contributed by atoms with Gasteiger partial charge in [0.15, 0.2) is 5.79 Å². The number of hydrogen-bond donors (Lipinski definition) is 0. The lowest BCUT2D eigenvalue weighted by atomic mass is 10.1. The molecule has 24 heavy (non-hydrogen) atoms. The van der Waals surface area contributed by atoms with Crippen LogP contribution in [0.4, 0.5) is 0 Å². The van der Waals surface area contributed by atoms with E-state index < -0.39 is 5.79 Å². The molecule has 0 atom stereocenters. The monoisotopic (exact) mass is 369 g/mol. The molecule has 0 radical (unpaired) electrons. The summed E-state index contributed by atoms with van der Waals surface area (Å²) >= 11 is 6.04. The van der Waals surface area contributed by atoms with Gasteiger partial charge in [0.2, 0.25) is 0 Å². The van der Waals surface area contributed by atoms with Crippen molar-refractivity contribution in [2.75, 3.05) is 0 Å². The molecule has 0 saturated carbocycles. The van der Waals surface area contributed by atoms with Crippen molar-refractivity contribution in [3.63, 3.8) is 0 Å². The van der Waals surface area contributed by atoms with Crippen LogP contribution in [-0.2, 0) is 35.2 Å². The fraction of sp³-hybridized carbons (Fsp3) is 0.389. The molecule has 0 unspecified atom stereocenters. The molecular weight excluding hydrogens is 349 g/mol. The summed E-state index contributed by atoms with van der Waals surface area (Å²) in [7, 11) is 0. The molecule has 1 aromatic heterocycles. The van der Waals surface area contributed by atoms with Crippen LogP contribution in [-0.4, -0.2) is 10.8 Å².